The predicted molar refractivity (Wildman–Crippen MR) is 170 cm³/mol. The molecule has 7 N–H and O–H groups in total. The first-order chi connectivity index (χ1) is 22.6. The van der Waals surface area contributed by atoms with Crippen LogP contribution in [0.1, 0.15) is 36.5 Å². The van der Waals surface area contributed by atoms with E-state index in [1.807, 2.05) is 30.3 Å². The van der Waals surface area contributed by atoms with Crippen molar-refractivity contribution in [2.75, 3.05) is 24.7 Å². The molecule has 0 spiro atoms. The Hall–Kier alpha value is -3.62. The predicted octanol–water partition coefficient (Wildman–Crippen LogP) is 0.682. The molecule has 0 radical (unpaired) electrons. The maximum absolute atomic E-state index is 12.8. The Balaban J connectivity index is 1.77. The molecule has 1 saturated heterocycles. The maximum atomic E-state index is 12.8. The highest BCUT2D eigenvalue weighted by Gasteiger charge is 2.57. The molecule has 2 aromatic rings. The van der Waals surface area contributed by atoms with E-state index in [0.717, 1.165) is 18.1 Å². The summed E-state index contributed by atoms with van der Waals surface area (Å²) in [5.74, 6) is -6.20. The van der Waals surface area contributed by atoms with E-state index < -0.39 is 83.4 Å². The SMILES string of the molecule is CC(=O)N[C@H]1[C@H]([C@H](O)[C@H](O)CNC(=O)c2ccc(-c3ccccc3)cc2)O[C@@](OCCCSCCC(=O)O)(C(=O)O)C[C@@H]1OS(=O)(=O)O. The Morgan fingerprint density at radius 2 is 1.67 bits per heavy atom. The molecule has 6 atom stereocenters. The molecule has 0 bridgehead atoms. The number of aliphatic carboxylic acids is 2. The van der Waals surface area contributed by atoms with Crippen molar-refractivity contribution >= 4 is 45.9 Å². The van der Waals surface area contributed by atoms with E-state index in [4.69, 9.17) is 18.8 Å². The second kappa shape index (κ2) is 17.7. The Morgan fingerprint density at radius 3 is 2.25 bits per heavy atom. The highest BCUT2D eigenvalue weighted by Crippen LogP contribution is 2.36. The topological polar surface area (TPSA) is 255 Å². The number of carbonyl (C=O) groups excluding carboxylic acids is 2. The number of thioether (sulfide) groups is 1. The van der Waals surface area contributed by atoms with E-state index >= 15 is 0 Å². The van der Waals surface area contributed by atoms with E-state index in [0.29, 0.717) is 11.5 Å². The summed E-state index contributed by atoms with van der Waals surface area (Å²) in [6, 6.07) is 14.3. The van der Waals surface area contributed by atoms with E-state index in [2.05, 4.69) is 10.6 Å². The van der Waals surface area contributed by atoms with Crippen molar-refractivity contribution in [1.82, 2.24) is 10.6 Å². The van der Waals surface area contributed by atoms with Crippen LogP contribution in [0.15, 0.2) is 54.6 Å². The first kappa shape index (κ1) is 38.8. The quantitative estimate of drug-likeness (QED) is 0.0828. The zero-order chi connectivity index (χ0) is 35.5. The van der Waals surface area contributed by atoms with Crippen LogP contribution in [0.3, 0.4) is 0 Å². The molecule has 264 valence electrons. The van der Waals surface area contributed by atoms with Crippen molar-refractivity contribution in [1.29, 1.82) is 0 Å². The van der Waals surface area contributed by atoms with Gasteiger partial charge in [-0.25, -0.2) is 8.98 Å². The number of amides is 2. The second-order valence-corrected chi connectivity index (χ2v) is 13.1. The summed E-state index contributed by atoms with van der Waals surface area (Å²) in [5.41, 5.74) is 2.00. The van der Waals surface area contributed by atoms with Crippen LogP contribution >= 0.6 is 11.8 Å². The molecule has 1 aliphatic rings. The van der Waals surface area contributed by atoms with E-state index in [9.17, 15) is 47.5 Å². The zero-order valence-electron chi connectivity index (χ0n) is 25.8. The molecule has 2 aromatic carbocycles. The Labute approximate surface area is 280 Å². The lowest BCUT2D eigenvalue weighted by Gasteiger charge is -2.47. The largest absolute Gasteiger partial charge is 0.481 e. The van der Waals surface area contributed by atoms with Gasteiger partial charge in [0.1, 0.15) is 18.3 Å². The molecule has 2 amide bonds. The maximum Gasteiger partial charge on any atom is 0.397 e. The highest BCUT2D eigenvalue weighted by molar-refractivity contribution is 7.99. The van der Waals surface area contributed by atoms with Crippen molar-refractivity contribution in [2.45, 2.75) is 62.4 Å². The molecule has 3 rings (SSSR count). The van der Waals surface area contributed by atoms with E-state index in [1.54, 1.807) is 24.3 Å². The summed E-state index contributed by atoms with van der Waals surface area (Å²) in [5, 5.41) is 45.7. The minimum atomic E-state index is -5.26. The number of hydrogen-bond donors (Lipinski definition) is 7. The van der Waals surface area contributed by atoms with Crippen molar-refractivity contribution in [3.05, 3.63) is 60.2 Å². The van der Waals surface area contributed by atoms with Gasteiger partial charge in [-0.3, -0.25) is 18.9 Å². The van der Waals surface area contributed by atoms with Gasteiger partial charge >= 0.3 is 22.3 Å². The summed E-state index contributed by atoms with van der Waals surface area (Å²) in [4.78, 5) is 48.1. The fourth-order valence-electron chi connectivity index (χ4n) is 4.92. The van der Waals surface area contributed by atoms with E-state index in [-0.39, 0.29) is 25.0 Å². The van der Waals surface area contributed by atoms with Gasteiger partial charge in [-0.15, -0.1) is 0 Å². The van der Waals surface area contributed by atoms with Crippen LogP contribution in [-0.2, 0) is 38.4 Å². The van der Waals surface area contributed by atoms with Crippen LogP contribution in [0, 0.1) is 0 Å². The van der Waals surface area contributed by atoms with Crippen LogP contribution < -0.4 is 10.6 Å². The molecule has 0 aromatic heterocycles. The minimum absolute atomic E-state index is 0.0875. The minimum Gasteiger partial charge on any atom is -0.481 e. The Morgan fingerprint density at radius 1 is 1.02 bits per heavy atom. The third kappa shape index (κ3) is 11.5. The van der Waals surface area contributed by atoms with Gasteiger partial charge in [-0.2, -0.15) is 20.2 Å². The molecular formula is C30H38N2O14S2. The van der Waals surface area contributed by atoms with Gasteiger partial charge in [0, 0.05) is 31.2 Å². The number of nitrogens with one attached hydrogen (secondary N) is 2. The monoisotopic (exact) mass is 714 g/mol. The van der Waals surface area contributed by atoms with Gasteiger partial charge in [0.05, 0.1) is 25.2 Å². The number of hydrogen-bond acceptors (Lipinski definition) is 12. The second-order valence-electron chi connectivity index (χ2n) is 10.8. The Kier molecular flexibility index (Phi) is 14.3. The van der Waals surface area contributed by atoms with Gasteiger partial charge in [-0.1, -0.05) is 42.5 Å². The zero-order valence-corrected chi connectivity index (χ0v) is 27.4. The summed E-state index contributed by atoms with van der Waals surface area (Å²) >= 11 is 1.26. The molecule has 0 aliphatic carbocycles. The Bertz CT molecular complexity index is 1510. The van der Waals surface area contributed by atoms with Crippen molar-refractivity contribution in [3.8, 4) is 11.1 Å². The first-order valence-electron chi connectivity index (χ1n) is 14.7. The number of ether oxygens (including phenoxy) is 2. The molecule has 48 heavy (non-hydrogen) atoms. The van der Waals surface area contributed by atoms with Gasteiger partial charge in [-0.05, 0) is 35.4 Å². The highest BCUT2D eigenvalue weighted by atomic mass is 32.3. The lowest BCUT2D eigenvalue weighted by Crippen LogP contribution is -2.68. The average Bonchev–Trinajstić information content (AvgIpc) is 3.03. The molecular weight excluding hydrogens is 676 g/mol. The van der Waals surface area contributed by atoms with Gasteiger partial charge in [0.2, 0.25) is 5.91 Å². The van der Waals surface area contributed by atoms with Crippen LogP contribution in [-0.4, -0.2) is 118 Å². The van der Waals surface area contributed by atoms with Crippen LogP contribution in [0.5, 0.6) is 0 Å². The normalized spacial score (nSPS) is 22.3. The van der Waals surface area contributed by atoms with Crippen molar-refractivity contribution in [2.24, 2.45) is 0 Å². The number of aliphatic hydroxyl groups excluding tert-OH is 2. The standard InChI is InChI=1S/C30H38N2O14S2/c1-18(33)32-25-23(46-48(41,42)43)16-30(29(39)40,44-13-5-14-47-15-12-24(35)36)45-27(25)26(37)22(34)17-31-28(38)21-10-8-20(9-11-21)19-6-3-2-4-7-19/h2-4,6-11,22-23,25-27,34,37H,5,12-17H2,1H3,(H,31,38)(H,32,33)(H,35,36)(H,39,40)(H,41,42,43)/t22-,23+,25-,26-,27-,30-/m1/s1. The lowest BCUT2D eigenvalue weighted by atomic mass is 9.88. The molecule has 18 heteroatoms. The molecule has 16 nitrogen and oxygen atoms in total. The third-order valence-corrected chi connectivity index (χ3v) is 8.74. The summed E-state index contributed by atoms with van der Waals surface area (Å²) < 4.78 is 48.8. The van der Waals surface area contributed by atoms with Crippen LogP contribution in [0.25, 0.3) is 11.1 Å². The average molecular weight is 715 g/mol. The molecule has 0 saturated carbocycles. The number of carboxylic acids is 2. The van der Waals surface area contributed by atoms with Crippen molar-refractivity contribution in [3.63, 3.8) is 0 Å². The summed E-state index contributed by atoms with van der Waals surface area (Å²) in [6.07, 6.45) is -8.50. The van der Waals surface area contributed by atoms with Gasteiger partial charge in [0.25, 0.3) is 11.7 Å². The third-order valence-electron chi connectivity index (χ3n) is 7.18. The molecule has 0 unspecified atom stereocenters. The molecule has 1 heterocycles. The van der Waals surface area contributed by atoms with Gasteiger partial charge < -0.3 is 40.5 Å². The molecule has 1 fully saturated rings. The number of carboxylic acid groups (broad SMARTS) is 2. The van der Waals surface area contributed by atoms with Crippen LogP contribution in [0.4, 0.5) is 0 Å². The van der Waals surface area contributed by atoms with E-state index in [1.165, 1.54) is 11.8 Å². The number of aliphatic hydroxyl groups is 2. The first-order valence-corrected chi connectivity index (χ1v) is 17.2. The van der Waals surface area contributed by atoms with Gasteiger partial charge in [0.15, 0.2) is 0 Å². The number of benzene rings is 2. The molecule has 1 aliphatic heterocycles. The summed E-state index contributed by atoms with van der Waals surface area (Å²) in [7, 11) is -5.26. The fourth-order valence-corrected chi connectivity index (χ4v) is 6.27. The lowest BCUT2D eigenvalue weighted by molar-refractivity contribution is -0.308. The summed E-state index contributed by atoms with van der Waals surface area (Å²) in [6.45, 7) is 0.150. The number of rotatable bonds is 18. The van der Waals surface area contributed by atoms with Crippen molar-refractivity contribution < 1.29 is 66.2 Å². The smallest absolute Gasteiger partial charge is 0.397 e. The fraction of sp³-hybridized carbons (Fsp3) is 0.467. The number of carbonyl (C=O) groups is 4. The van der Waals surface area contributed by atoms with Crippen LogP contribution in [0.2, 0.25) is 0 Å².